The molecule has 106 valence electrons. The summed E-state index contributed by atoms with van der Waals surface area (Å²) < 4.78 is 0. The molecule has 1 aromatic carbocycles. The van der Waals surface area contributed by atoms with Crippen molar-refractivity contribution in [1.29, 1.82) is 0 Å². The SMILES string of the molecule is c1ccc(P2C3CCC2CC3)c(P2C3CCC2CC3)c1. The molecule has 0 unspecified atom stereocenters. The van der Waals surface area contributed by atoms with Crippen LogP contribution >= 0.6 is 15.8 Å². The van der Waals surface area contributed by atoms with Crippen molar-refractivity contribution < 1.29 is 0 Å². The number of hydrogen-bond donors (Lipinski definition) is 0. The van der Waals surface area contributed by atoms with E-state index in [1.54, 1.807) is 51.4 Å². The predicted octanol–water partition coefficient (Wildman–Crippen LogP) is 4.55. The van der Waals surface area contributed by atoms with E-state index in [9.17, 15) is 0 Å². The maximum Gasteiger partial charge on any atom is -0.0158 e. The Balaban J connectivity index is 1.57. The predicted molar refractivity (Wildman–Crippen MR) is 91.6 cm³/mol. The molecule has 0 N–H and O–H groups in total. The van der Waals surface area contributed by atoms with Crippen LogP contribution in [-0.2, 0) is 0 Å². The molecular weight excluding hydrogens is 278 g/mol. The van der Waals surface area contributed by atoms with Crippen LogP contribution in [0.4, 0.5) is 0 Å². The second-order valence-corrected chi connectivity index (χ2v) is 12.7. The van der Waals surface area contributed by atoms with E-state index in [0.29, 0.717) is 0 Å². The normalized spacial score (nSPS) is 45.4. The van der Waals surface area contributed by atoms with Crippen LogP contribution in [0.3, 0.4) is 0 Å². The maximum absolute atomic E-state index is 2.55. The summed E-state index contributed by atoms with van der Waals surface area (Å²) in [4.78, 5) is 0. The van der Waals surface area contributed by atoms with Crippen LogP contribution in [-0.4, -0.2) is 22.6 Å². The minimum absolute atomic E-state index is 0.217. The average molecular weight is 302 g/mol. The van der Waals surface area contributed by atoms with Gasteiger partial charge in [-0.1, -0.05) is 40.1 Å². The Hall–Kier alpha value is 0.0800. The molecular formula is C18H24P2. The smallest absolute Gasteiger partial charge is 0.0158 e. The van der Waals surface area contributed by atoms with Crippen molar-refractivity contribution in [3.8, 4) is 0 Å². The lowest BCUT2D eigenvalue weighted by Gasteiger charge is -2.26. The fourth-order valence-corrected chi connectivity index (χ4v) is 13.6. The molecule has 4 heterocycles. The van der Waals surface area contributed by atoms with Gasteiger partial charge in [-0.3, -0.25) is 0 Å². The number of fused-ring (bicyclic) bond motifs is 4. The Morgan fingerprint density at radius 1 is 0.550 bits per heavy atom. The van der Waals surface area contributed by atoms with Gasteiger partial charge in [0.05, 0.1) is 0 Å². The average Bonchev–Trinajstić information content (AvgIpc) is 3.27. The van der Waals surface area contributed by atoms with Gasteiger partial charge in [-0.05, 0) is 84.6 Å². The zero-order valence-corrected chi connectivity index (χ0v) is 14.0. The zero-order chi connectivity index (χ0) is 13.1. The maximum atomic E-state index is 2.55. The summed E-state index contributed by atoms with van der Waals surface area (Å²) in [5, 5.41) is 3.77. The van der Waals surface area contributed by atoms with Crippen LogP contribution in [0.1, 0.15) is 51.4 Å². The van der Waals surface area contributed by atoms with Crippen molar-refractivity contribution in [2.45, 2.75) is 74.0 Å². The Morgan fingerprint density at radius 2 is 0.850 bits per heavy atom. The summed E-state index contributed by atoms with van der Waals surface area (Å²) in [6, 6.07) is 9.79. The first-order chi connectivity index (χ1) is 9.92. The number of rotatable bonds is 2. The van der Waals surface area contributed by atoms with Crippen molar-refractivity contribution in [3.05, 3.63) is 24.3 Å². The van der Waals surface area contributed by atoms with Gasteiger partial charge in [0.15, 0.2) is 0 Å². The van der Waals surface area contributed by atoms with Gasteiger partial charge in [0.1, 0.15) is 0 Å². The van der Waals surface area contributed by atoms with Gasteiger partial charge < -0.3 is 0 Å². The lowest BCUT2D eigenvalue weighted by Crippen LogP contribution is -2.26. The Bertz CT molecular complexity index is 439. The fraction of sp³-hybridized carbons (Fsp3) is 0.667. The number of benzene rings is 1. The van der Waals surface area contributed by atoms with E-state index in [2.05, 4.69) is 24.3 Å². The Kier molecular flexibility index (Phi) is 3.02. The molecule has 4 aliphatic heterocycles. The fourth-order valence-electron chi connectivity index (χ4n) is 5.51. The van der Waals surface area contributed by atoms with E-state index in [4.69, 9.17) is 0 Å². The molecule has 0 atom stereocenters. The molecule has 1 aromatic rings. The van der Waals surface area contributed by atoms with Crippen molar-refractivity contribution in [2.75, 3.05) is 0 Å². The largest absolute Gasteiger partial charge is 0.0683 e. The van der Waals surface area contributed by atoms with E-state index in [-0.39, 0.29) is 15.8 Å². The van der Waals surface area contributed by atoms with Crippen molar-refractivity contribution >= 4 is 26.5 Å². The van der Waals surface area contributed by atoms with E-state index in [1.807, 2.05) is 10.6 Å². The summed E-state index contributed by atoms with van der Waals surface area (Å²) in [6.45, 7) is 0. The highest BCUT2D eigenvalue weighted by atomic mass is 31.1. The van der Waals surface area contributed by atoms with Crippen LogP contribution in [0, 0.1) is 0 Å². The quantitative estimate of drug-likeness (QED) is 0.703. The second-order valence-electron chi connectivity index (χ2n) is 7.23. The van der Waals surface area contributed by atoms with Gasteiger partial charge in [0, 0.05) is 0 Å². The first-order valence-corrected chi connectivity index (χ1v) is 11.5. The molecule has 0 amide bonds. The minimum Gasteiger partial charge on any atom is -0.0683 e. The summed E-state index contributed by atoms with van der Waals surface area (Å²) in [7, 11) is 0.435. The van der Waals surface area contributed by atoms with Crippen LogP contribution in [0.15, 0.2) is 24.3 Å². The molecule has 4 aliphatic rings. The highest BCUT2D eigenvalue weighted by molar-refractivity contribution is 7.73. The monoisotopic (exact) mass is 302 g/mol. The van der Waals surface area contributed by atoms with Crippen molar-refractivity contribution in [3.63, 3.8) is 0 Å². The highest BCUT2D eigenvalue weighted by Crippen LogP contribution is 2.66. The second kappa shape index (κ2) is 4.79. The summed E-state index contributed by atoms with van der Waals surface area (Å²) >= 11 is 0. The lowest BCUT2D eigenvalue weighted by molar-refractivity contribution is 0.576. The minimum atomic E-state index is 0.217. The molecule has 0 spiro atoms. The first-order valence-electron chi connectivity index (χ1n) is 8.57. The molecule has 4 fully saturated rings. The third-order valence-corrected chi connectivity index (χ3v) is 13.6. The Labute approximate surface area is 125 Å². The van der Waals surface area contributed by atoms with Crippen molar-refractivity contribution in [2.24, 2.45) is 0 Å². The van der Waals surface area contributed by atoms with E-state index in [0.717, 1.165) is 22.6 Å². The lowest BCUT2D eigenvalue weighted by atomic mass is 10.0. The van der Waals surface area contributed by atoms with Gasteiger partial charge >= 0.3 is 0 Å². The van der Waals surface area contributed by atoms with E-state index in [1.165, 1.54) is 0 Å². The first kappa shape index (κ1) is 12.6. The van der Waals surface area contributed by atoms with Gasteiger partial charge in [0.2, 0.25) is 0 Å². The van der Waals surface area contributed by atoms with Crippen LogP contribution in [0.25, 0.3) is 0 Å². The standard InChI is InChI=1S/C18H24P2/c1-2-4-18(20-15-9-10-16(20)12-11-15)17(3-1)19-13-5-6-14(19)8-7-13/h1-4,13-16H,5-12H2. The van der Waals surface area contributed by atoms with E-state index < -0.39 is 0 Å². The number of hydrogen-bond acceptors (Lipinski definition) is 0. The molecule has 2 heteroatoms. The van der Waals surface area contributed by atoms with Crippen molar-refractivity contribution in [1.82, 2.24) is 0 Å². The summed E-state index contributed by atoms with van der Waals surface area (Å²) in [5.41, 5.74) is 4.41. The molecule has 5 rings (SSSR count). The third-order valence-electron chi connectivity index (χ3n) is 6.34. The Morgan fingerprint density at radius 3 is 1.15 bits per heavy atom. The van der Waals surface area contributed by atoms with Crippen LogP contribution in [0.2, 0.25) is 0 Å². The van der Waals surface area contributed by atoms with Gasteiger partial charge in [-0.2, -0.15) is 0 Å². The molecule has 4 saturated heterocycles. The van der Waals surface area contributed by atoms with Gasteiger partial charge in [-0.25, -0.2) is 0 Å². The topological polar surface area (TPSA) is 0 Å². The van der Waals surface area contributed by atoms with Gasteiger partial charge in [0.25, 0.3) is 0 Å². The molecule has 0 saturated carbocycles. The molecule has 0 aromatic heterocycles. The molecule has 4 bridgehead atoms. The molecule has 20 heavy (non-hydrogen) atoms. The molecule has 0 radical (unpaired) electrons. The third kappa shape index (κ3) is 1.74. The van der Waals surface area contributed by atoms with Crippen LogP contribution < -0.4 is 10.6 Å². The van der Waals surface area contributed by atoms with Gasteiger partial charge in [-0.15, -0.1) is 0 Å². The zero-order valence-electron chi connectivity index (χ0n) is 12.2. The summed E-state index contributed by atoms with van der Waals surface area (Å²) in [5.74, 6) is 0. The summed E-state index contributed by atoms with van der Waals surface area (Å²) in [6.07, 6.45) is 12.4. The molecule has 0 aliphatic carbocycles. The highest BCUT2D eigenvalue weighted by Gasteiger charge is 2.46. The molecule has 0 nitrogen and oxygen atoms in total. The van der Waals surface area contributed by atoms with Crippen LogP contribution in [0.5, 0.6) is 0 Å². The van der Waals surface area contributed by atoms with E-state index >= 15 is 0 Å².